The van der Waals surface area contributed by atoms with Crippen LogP contribution in [0.15, 0.2) is 23.0 Å². The van der Waals surface area contributed by atoms with Crippen LogP contribution in [0.25, 0.3) is 0 Å². The topological polar surface area (TPSA) is 103 Å². The molecule has 2 heterocycles. The molecule has 1 aromatic rings. The van der Waals surface area contributed by atoms with E-state index in [1.165, 1.54) is 25.2 Å². The largest absolute Gasteiger partial charge is 0.472 e. The number of carbonyl (C=O) groups excluding carboxylic acids is 4. The number of methoxy groups -OCH3 is 1. The van der Waals surface area contributed by atoms with Crippen LogP contribution in [0.5, 0.6) is 0 Å². The van der Waals surface area contributed by atoms with Gasteiger partial charge in [0.25, 0.3) is 0 Å². The van der Waals surface area contributed by atoms with Crippen molar-refractivity contribution in [1.82, 2.24) is 4.90 Å². The van der Waals surface area contributed by atoms with E-state index in [1.54, 1.807) is 19.4 Å². The summed E-state index contributed by atoms with van der Waals surface area (Å²) in [6.07, 6.45) is 4.29. The van der Waals surface area contributed by atoms with E-state index in [2.05, 4.69) is 0 Å². The normalized spacial score (nSPS) is 38.8. The molecule has 0 radical (unpaired) electrons. The Bertz CT molecular complexity index is 940. The number of hydrogen-bond acceptors (Lipinski definition) is 7. The SMILES string of the molecule is COC(=O)[C@@H]1C[C@H](N(C)C(C)=O)C(=O)[C@H]2[C@@]1(C)CC[C@H]1C(=O)O[C@@H](c3ccoc3)C[C@]21C. The van der Waals surface area contributed by atoms with Crippen molar-refractivity contribution < 1.29 is 33.1 Å². The Hall–Kier alpha value is -2.64. The van der Waals surface area contributed by atoms with Crippen molar-refractivity contribution in [2.24, 2.45) is 28.6 Å². The molecule has 4 rings (SSSR count). The lowest BCUT2D eigenvalue weighted by molar-refractivity contribution is -0.206. The third-order valence-corrected chi connectivity index (χ3v) is 8.49. The number of Topliss-reactive ketones (excluding diaryl/α,β-unsaturated/α-hetero) is 1. The van der Waals surface area contributed by atoms with Gasteiger partial charge >= 0.3 is 11.9 Å². The van der Waals surface area contributed by atoms with Crippen LogP contribution < -0.4 is 0 Å². The maximum absolute atomic E-state index is 14.0. The van der Waals surface area contributed by atoms with Crippen LogP contribution in [-0.2, 0) is 28.7 Å². The number of hydrogen-bond donors (Lipinski definition) is 0. The van der Waals surface area contributed by atoms with Crippen molar-refractivity contribution in [1.29, 1.82) is 0 Å². The molecule has 1 aliphatic heterocycles. The molecule has 0 aromatic carbocycles. The van der Waals surface area contributed by atoms with Gasteiger partial charge in [0.05, 0.1) is 37.5 Å². The van der Waals surface area contributed by atoms with E-state index in [-0.39, 0.29) is 30.0 Å². The second-order valence-electron chi connectivity index (χ2n) is 10.1. The quantitative estimate of drug-likeness (QED) is 0.659. The number of amides is 1. The molecule has 0 spiro atoms. The smallest absolute Gasteiger partial charge is 0.310 e. The zero-order chi connectivity index (χ0) is 23.4. The number of ether oxygens (including phenoxy) is 2. The predicted octanol–water partition coefficient (Wildman–Crippen LogP) is 2.92. The van der Waals surface area contributed by atoms with Gasteiger partial charge in [0.1, 0.15) is 6.10 Å². The molecule has 0 unspecified atom stereocenters. The van der Waals surface area contributed by atoms with E-state index >= 15 is 0 Å². The zero-order valence-corrected chi connectivity index (χ0v) is 19.3. The third kappa shape index (κ3) is 3.18. The Labute approximate surface area is 187 Å². The van der Waals surface area contributed by atoms with E-state index in [1.807, 2.05) is 13.8 Å². The van der Waals surface area contributed by atoms with Crippen molar-refractivity contribution in [3.8, 4) is 0 Å². The fraction of sp³-hybridized carbons (Fsp3) is 0.667. The Balaban J connectivity index is 1.82. The van der Waals surface area contributed by atoms with Crippen LogP contribution in [0.4, 0.5) is 0 Å². The second kappa shape index (κ2) is 7.74. The summed E-state index contributed by atoms with van der Waals surface area (Å²) in [5, 5.41) is 0. The first-order valence-corrected chi connectivity index (χ1v) is 11.1. The number of cyclic esters (lactones) is 1. The van der Waals surface area contributed by atoms with Gasteiger partial charge in [-0.2, -0.15) is 0 Å². The maximum atomic E-state index is 14.0. The number of furan rings is 1. The summed E-state index contributed by atoms with van der Waals surface area (Å²) in [5.74, 6) is -2.63. The molecule has 2 saturated carbocycles. The highest BCUT2D eigenvalue weighted by Crippen LogP contribution is 2.65. The summed E-state index contributed by atoms with van der Waals surface area (Å²) < 4.78 is 16.1. The first kappa shape index (κ1) is 22.6. The van der Waals surface area contributed by atoms with Crippen molar-refractivity contribution in [2.75, 3.05) is 14.2 Å². The number of ketones is 1. The minimum absolute atomic E-state index is 0.0850. The Morgan fingerprint density at radius 2 is 1.94 bits per heavy atom. The van der Waals surface area contributed by atoms with Gasteiger partial charge in [-0.3, -0.25) is 19.2 Å². The van der Waals surface area contributed by atoms with Crippen molar-refractivity contribution >= 4 is 23.6 Å². The first-order chi connectivity index (χ1) is 15.0. The number of fused-ring (bicyclic) bond motifs is 3. The molecule has 3 fully saturated rings. The van der Waals surface area contributed by atoms with Crippen LogP contribution in [0.3, 0.4) is 0 Å². The summed E-state index contributed by atoms with van der Waals surface area (Å²) in [6, 6.07) is 1.02. The van der Waals surface area contributed by atoms with Gasteiger partial charge in [-0.15, -0.1) is 0 Å². The van der Waals surface area contributed by atoms with Crippen molar-refractivity contribution in [3.05, 3.63) is 24.2 Å². The van der Waals surface area contributed by atoms with E-state index in [0.29, 0.717) is 19.3 Å². The molecule has 3 aliphatic rings. The van der Waals surface area contributed by atoms with Crippen LogP contribution >= 0.6 is 0 Å². The molecular formula is C24H31NO7. The minimum Gasteiger partial charge on any atom is -0.472 e. The van der Waals surface area contributed by atoms with Gasteiger partial charge < -0.3 is 18.8 Å². The average Bonchev–Trinajstić information content (AvgIpc) is 3.26. The summed E-state index contributed by atoms with van der Waals surface area (Å²) in [4.78, 5) is 53.6. The third-order valence-electron chi connectivity index (χ3n) is 8.49. The van der Waals surface area contributed by atoms with Crippen LogP contribution in [0.1, 0.15) is 58.1 Å². The molecule has 32 heavy (non-hydrogen) atoms. The molecule has 2 aliphatic carbocycles. The van der Waals surface area contributed by atoms with Gasteiger partial charge in [-0.1, -0.05) is 13.8 Å². The van der Waals surface area contributed by atoms with Crippen LogP contribution in [-0.4, -0.2) is 48.7 Å². The first-order valence-electron chi connectivity index (χ1n) is 11.1. The van der Waals surface area contributed by atoms with Crippen molar-refractivity contribution in [2.45, 2.75) is 58.6 Å². The number of likely N-dealkylation sites (N-methyl/N-ethyl adjacent to an activating group) is 1. The molecule has 1 saturated heterocycles. The van der Waals surface area contributed by atoms with E-state index in [4.69, 9.17) is 13.9 Å². The van der Waals surface area contributed by atoms with Crippen LogP contribution in [0.2, 0.25) is 0 Å². The molecule has 7 atom stereocenters. The molecule has 174 valence electrons. The Morgan fingerprint density at radius 3 is 2.53 bits per heavy atom. The predicted molar refractivity (Wildman–Crippen MR) is 112 cm³/mol. The lowest BCUT2D eigenvalue weighted by atomic mass is 9.42. The lowest BCUT2D eigenvalue weighted by Gasteiger charge is -2.61. The van der Waals surface area contributed by atoms with Gasteiger partial charge in [0, 0.05) is 25.5 Å². The summed E-state index contributed by atoms with van der Waals surface area (Å²) in [5.41, 5.74) is -0.665. The molecule has 1 amide bonds. The highest BCUT2D eigenvalue weighted by molar-refractivity contribution is 5.95. The van der Waals surface area contributed by atoms with Crippen LogP contribution in [0, 0.1) is 28.6 Å². The molecular weight excluding hydrogens is 414 g/mol. The molecule has 0 bridgehead atoms. The number of rotatable bonds is 3. The highest BCUT2D eigenvalue weighted by Gasteiger charge is 2.67. The Morgan fingerprint density at radius 1 is 1.22 bits per heavy atom. The Kier molecular flexibility index (Phi) is 5.46. The maximum Gasteiger partial charge on any atom is 0.310 e. The standard InChI is InChI=1S/C24H31NO7/c1-13(26)25(4)17-10-16(21(28)30-5)23(2)8-6-15-22(29)32-18(14-7-9-31-12-14)11-24(15,3)20(23)19(17)27/h7,9,12,15-18,20H,6,8,10-11H2,1-5H3/t15-,16-,17-,18+,20-,23-,24-/m0/s1. The summed E-state index contributed by atoms with van der Waals surface area (Å²) in [6.45, 7) is 5.34. The van der Waals surface area contributed by atoms with Gasteiger partial charge in [-0.05, 0) is 42.6 Å². The lowest BCUT2D eigenvalue weighted by Crippen LogP contribution is -2.66. The minimum atomic E-state index is -0.740. The summed E-state index contributed by atoms with van der Waals surface area (Å²) in [7, 11) is 2.94. The van der Waals surface area contributed by atoms with E-state index in [0.717, 1.165) is 5.56 Å². The second-order valence-corrected chi connectivity index (χ2v) is 10.1. The van der Waals surface area contributed by atoms with Gasteiger partial charge in [0.15, 0.2) is 5.78 Å². The van der Waals surface area contributed by atoms with Gasteiger partial charge in [-0.25, -0.2) is 0 Å². The highest BCUT2D eigenvalue weighted by atomic mass is 16.5. The molecule has 1 aromatic heterocycles. The molecule has 8 nitrogen and oxygen atoms in total. The summed E-state index contributed by atoms with van der Waals surface area (Å²) >= 11 is 0. The van der Waals surface area contributed by atoms with Gasteiger partial charge in [0.2, 0.25) is 5.91 Å². The molecule has 0 N–H and O–H groups in total. The number of carbonyl (C=O) groups is 4. The zero-order valence-electron chi connectivity index (χ0n) is 19.3. The monoisotopic (exact) mass is 445 g/mol. The fourth-order valence-corrected chi connectivity index (χ4v) is 6.74. The fourth-order valence-electron chi connectivity index (χ4n) is 6.74. The average molecular weight is 446 g/mol. The number of nitrogens with zero attached hydrogens (tertiary/aromatic N) is 1. The van der Waals surface area contributed by atoms with E-state index < -0.39 is 40.7 Å². The number of esters is 2. The van der Waals surface area contributed by atoms with Crippen molar-refractivity contribution in [3.63, 3.8) is 0 Å². The van der Waals surface area contributed by atoms with E-state index in [9.17, 15) is 19.2 Å². The molecule has 8 heteroatoms.